The minimum absolute atomic E-state index is 0.231. The fourth-order valence-electron chi connectivity index (χ4n) is 9.45. The number of benzene rings is 9. The number of nitrogens with zero attached hydrogens (tertiary/aromatic N) is 2. The molecule has 0 spiro atoms. The van der Waals surface area contributed by atoms with E-state index in [0.717, 1.165) is 67.6 Å². The van der Waals surface area contributed by atoms with E-state index in [2.05, 4.69) is 222 Å². The summed E-state index contributed by atoms with van der Waals surface area (Å²) < 4.78 is 8.93. The van der Waals surface area contributed by atoms with E-state index < -0.39 is 0 Å². The molecule has 0 amide bonds. The molecule has 0 saturated heterocycles. The highest BCUT2D eigenvalue weighted by molar-refractivity contribution is 6.16. The highest BCUT2D eigenvalue weighted by atomic mass is 16.3. The van der Waals surface area contributed by atoms with Crippen LogP contribution in [-0.4, -0.2) is 4.57 Å². The number of hydrogen-bond acceptors (Lipinski definition) is 2. The molecule has 1 unspecified atom stereocenters. The molecule has 2 aromatic heterocycles. The molecule has 3 heteroatoms. The fraction of sp³-hybridized carbons (Fsp3) is 0.0357. The second-order valence-corrected chi connectivity index (χ2v) is 15.7. The number of fused-ring (bicyclic) bond motifs is 9. The summed E-state index contributed by atoms with van der Waals surface area (Å²) in [5.41, 5.74) is 12.3. The van der Waals surface area contributed by atoms with E-state index in [1.54, 1.807) is 0 Å². The van der Waals surface area contributed by atoms with E-state index >= 15 is 0 Å². The standard InChI is InChI=1S/C56H38N2O/c1-2-14-39-34-41(25-24-37(39)12-1)40-15-11-16-45(35-40)57(43-28-30-44(31-29-43)58-53-22-9-6-19-48(53)49-20-7-10-23-54(49)58)52-21-8-5-17-46(52)42-27-33-55-51(36-42)50-32-26-38-13-3-4-18-47(38)56(50)59-55/h1-14,16-36,40H,15H2. The van der Waals surface area contributed by atoms with Gasteiger partial charge in [0, 0.05) is 55.5 Å². The third-order valence-electron chi connectivity index (χ3n) is 12.3. The first-order valence-corrected chi connectivity index (χ1v) is 20.4. The molecule has 12 rings (SSSR count). The van der Waals surface area contributed by atoms with Crippen LogP contribution in [0.25, 0.3) is 82.1 Å². The van der Waals surface area contributed by atoms with Crippen LogP contribution < -0.4 is 4.90 Å². The zero-order valence-corrected chi connectivity index (χ0v) is 32.3. The molecular formula is C56H38N2O. The Morgan fingerprint density at radius 1 is 0.508 bits per heavy atom. The molecule has 278 valence electrons. The molecule has 0 saturated carbocycles. The van der Waals surface area contributed by atoms with Gasteiger partial charge < -0.3 is 13.9 Å². The largest absolute Gasteiger partial charge is 0.455 e. The van der Waals surface area contributed by atoms with Crippen molar-refractivity contribution >= 4 is 76.7 Å². The Morgan fingerprint density at radius 3 is 2.00 bits per heavy atom. The van der Waals surface area contributed by atoms with Crippen molar-refractivity contribution in [1.29, 1.82) is 0 Å². The van der Waals surface area contributed by atoms with Crippen LogP contribution in [0.1, 0.15) is 17.9 Å². The van der Waals surface area contributed by atoms with Gasteiger partial charge in [-0.2, -0.15) is 0 Å². The van der Waals surface area contributed by atoms with E-state index in [-0.39, 0.29) is 5.92 Å². The maximum absolute atomic E-state index is 6.54. The molecular weight excluding hydrogens is 717 g/mol. The highest BCUT2D eigenvalue weighted by Gasteiger charge is 2.23. The summed E-state index contributed by atoms with van der Waals surface area (Å²) in [6.45, 7) is 0. The first-order valence-electron chi connectivity index (χ1n) is 20.4. The maximum atomic E-state index is 6.54. The van der Waals surface area contributed by atoms with E-state index in [4.69, 9.17) is 4.42 Å². The number of furan rings is 1. The third kappa shape index (κ3) is 5.50. The van der Waals surface area contributed by atoms with Crippen LogP contribution in [0, 0.1) is 0 Å². The Balaban J connectivity index is 1.02. The SMILES string of the molecule is C1=CC(N(c2ccc(-n3c4ccccc4c4ccccc43)cc2)c2ccccc2-c2ccc3oc4c5ccccc5ccc4c3c2)=CC(c2ccc3ccccc3c2)C1. The Kier molecular flexibility index (Phi) is 7.67. The second kappa shape index (κ2) is 13.5. The molecule has 0 bridgehead atoms. The monoisotopic (exact) mass is 754 g/mol. The number of hydrogen-bond donors (Lipinski definition) is 0. The molecule has 1 atom stereocenters. The van der Waals surface area contributed by atoms with Crippen molar-refractivity contribution in [1.82, 2.24) is 4.57 Å². The lowest BCUT2D eigenvalue weighted by Crippen LogP contribution is -2.18. The van der Waals surface area contributed by atoms with Gasteiger partial charge in [-0.3, -0.25) is 0 Å². The van der Waals surface area contributed by atoms with Crippen molar-refractivity contribution in [3.8, 4) is 16.8 Å². The molecule has 0 N–H and O–H groups in total. The van der Waals surface area contributed by atoms with Crippen LogP contribution in [0.4, 0.5) is 11.4 Å². The molecule has 1 aliphatic carbocycles. The smallest absolute Gasteiger partial charge is 0.143 e. The minimum atomic E-state index is 0.231. The quantitative estimate of drug-likeness (QED) is 0.169. The number of para-hydroxylation sites is 3. The van der Waals surface area contributed by atoms with Gasteiger partial charge in [0.15, 0.2) is 0 Å². The van der Waals surface area contributed by atoms with E-state index in [9.17, 15) is 0 Å². The van der Waals surface area contributed by atoms with Crippen LogP contribution in [-0.2, 0) is 0 Å². The van der Waals surface area contributed by atoms with Gasteiger partial charge in [0.05, 0.1) is 16.7 Å². The summed E-state index contributed by atoms with van der Waals surface area (Å²) in [6.07, 6.45) is 8.04. The summed E-state index contributed by atoms with van der Waals surface area (Å²) >= 11 is 0. The lowest BCUT2D eigenvalue weighted by Gasteiger charge is -2.31. The molecule has 11 aromatic rings. The number of allylic oxidation sites excluding steroid dienone is 3. The fourth-order valence-corrected chi connectivity index (χ4v) is 9.45. The van der Waals surface area contributed by atoms with E-state index in [1.165, 1.54) is 43.5 Å². The average Bonchev–Trinajstić information content (AvgIpc) is 3.85. The lowest BCUT2D eigenvalue weighted by atomic mass is 9.89. The molecule has 0 aliphatic heterocycles. The summed E-state index contributed by atoms with van der Waals surface area (Å²) in [7, 11) is 0. The first-order chi connectivity index (χ1) is 29.2. The van der Waals surface area contributed by atoms with Crippen molar-refractivity contribution in [3.05, 3.63) is 224 Å². The number of anilines is 2. The summed E-state index contributed by atoms with van der Waals surface area (Å²) in [6, 6.07) is 70.4. The first kappa shape index (κ1) is 33.5. The molecule has 2 heterocycles. The normalized spacial score (nSPS) is 14.2. The maximum Gasteiger partial charge on any atom is 0.143 e. The number of rotatable bonds is 6. The van der Waals surface area contributed by atoms with Crippen molar-refractivity contribution < 1.29 is 4.42 Å². The Morgan fingerprint density at radius 2 is 1.19 bits per heavy atom. The number of aromatic nitrogens is 1. The summed E-state index contributed by atoms with van der Waals surface area (Å²) in [5.74, 6) is 0.231. The van der Waals surface area contributed by atoms with Gasteiger partial charge in [-0.25, -0.2) is 0 Å². The average molecular weight is 755 g/mol. The van der Waals surface area contributed by atoms with Gasteiger partial charge in [0.2, 0.25) is 0 Å². The summed E-state index contributed by atoms with van der Waals surface area (Å²) in [4.78, 5) is 2.44. The topological polar surface area (TPSA) is 21.3 Å². The predicted molar refractivity (Wildman–Crippen MR) is 248 cm³/mol. The van der Waals surface area contributed by atoms with Crippen molar-refractivity contribution in [2.45, 2.75) is 12.3 Å². The van der Waals surface area contributed by atoms with Crippen LogP contribution in [0.3, 0.4) is 0 Å². The van der Waals surface area contributed by atoms with Crippen molar-refractivity contribution in [2.24, 2.45) is 0 Å². The Hall–Kier alpha value is -7.62. The van der Waals surface area contributed by atoms with Crippen LogP contribution in [0.15, 0.2) is 222 Å². The Labute approximate surface area is 342 Å². The molecule has 1 aliphatic rings. The zero-order chi connectivity index (χ0) is 38.9. The molecule has 9 aromatic carbocycles. The second-order valence-electron chi connectivity index (χ2n) is 15.7. The van der Waals surface area contributed by atoms with E-state index in [0.29, 0.717) is 0 Å². The van der Waals surface area contributed by atoms with Crippen LogP contribution in [0.2, 0.25) is 0 Å². The molecule has 0 radical (unpaired) electrons. The summed E-state index contributed by atoms with van der Waals surface area (Å²) in [5, 5.41) is 9.62. The van der Waals surface area contributed by atoms with Gasteiger partial charge in [0.1, 0.15) is 11.2 Å². The highest BCUT2D eigenvalue weighted by Crippen LogP contribution is 2.44. The van der Waals surface area contributed by atoms with Crippen molar-refractivity contribution in [3.63, 3.8) is 0 Å². The lowest BCUT2D eigenvalue weighted by molar-refractivity contribution is 0.672. The predicted octanol–water partition coefficient (Wildman–Crippen LogP) is 15.4. The van der Waals surface area contributed by atoms with Gasteiger partial charge in [0.25, 0.3) is 0 Å². The van der Waals surface area contributed by atoms with Crippen LogP contribution >= 0.6 is 0 Å². The van der Waals surface area contributed by atoms with E-state index in [1.807, 2.05) is 0 Å². The van der Waals surface area contributed by atoms with Crippen LogP contribution in [0.5, 0.6) is 0 Å². The van der Waals surface area contributed by atoms with Gasteiger partial charge >= 0.3 is 0 Å². The van der Waals surface area contributed by atoms with Gasteiger partial charge in [-0.1, -0.05) is 146 Å². The minimum Gasteiger partial charge on any atom is -0.455 e. The molecule has 59 heavy (non-hydrogen) atoms. The Bertz CT molecular complexity index is 3440. The van der Waals surface area contributed by atoms with Crippen molar-refractivity contribution in [2.75, 3.05) is 4.90 Å². The third-order valence-corrected chi connectivity index (χ3v) is 12.3. The molecule has 0 fully saturated rings. The molecule has 3 nitrogen and oxygen atoms in total. The zero-order valence-electron chi connectivity index (χ0n) is 32.3. The van der Waals surface area contributed by atoms with Gasteiger partial charge in [-0.05, 0) is 100 Å². The van der Waals surface area contributed by atoms with Gasteiger partial charge in [-0.15, -0.1) is 0 Å².